The highest BCUT2D eigenvalue weighted by Gasteiger charge is 2.20. The lowest BCUT2D eigenvalue weighted by atomic mass is 10.1. The number of anilines is 2. The molecule has 1 N–H and O–H groups in total. The maximum absolute atomic E-state index is 9.82. The highest BCUT2D eigenvalue weighted by Crippen LogP contribution is 2.20. The first-order valence-corrected chi connectivity index (χ1v) is 7.94. The first kappa shape index (κ1) is 15.7. The van der Waals surface area contributed by atoms with E-state index >= 15 is 0 Å². The van der Waals surface area contributed by atoms with Crippen LogP contribution in [0.5, 0.6) is 0 Å². The van der Waals surface area contributed by atoms with Gasteiger partial charge in [-0.25, -0.2) is 4.98 Å². The van der Waals surface area contributed by atoms with Gasteiger partial charge in [-0.2, -0.15) is 4.98 Å². The van der Waals surface area contributed by atoms with Crippen molar-refractivity contribution < 1.29 is 9.52 Å². The average molecular weight is 318 g/mol. The zero-order valence-electron chi connectivity index (χ0n) is 13.5. The number of rotatable bonds is 5. The number of aliphatic hydroxyl groups is 1. The SMILES string of the molecule is CCc1nnc(CN(C)c2nccc(N3CCC[C@@H](O)C3)n2)o1. The minimum absolute atomic E-state index is 0.286. The smallest absolute Gasteiger partial charge is 0.235 e. The molecule has 124 valence electrons. The number of aliphatic hydroxyl groups excluding tert-OH is 1. The standard InChI is InChI=1S/C15H22N6O2/c1-3-13-18-19-14(23-13)10-20(2)15-16-7-6-12(17-15)21-8-4-5-11(22)9-21/h6-7,11,22H,3-5,8-10H2,1-2H3/t11-/m1/s1. The Bertz CT molecular complexity index is 646. The largest absolute Gasteiger partial charge is 0.423 e. The summed E-state index contributed by atoms with van der Waals surface area (Å²) in [5, 5.41) is 17.8. The molecule has 0 aromatic carbocycles. The van der Waals surface area contributed by atoms with Gasteiger partial charge < -0.3 is 19.3 Å². The van der Waals surface area contributed by atoms with E-state index < -0.39 is 0 Å². The molecule has 0 bridgehead atoms. The molecule has 3 rings (SSSR count). The third kappa shape index (κ3) is 3.76. The van der Waals surface area contributed by atoms with Crippen molar-refractivity contribution >= 4 is 11.8 Å². The quantitative estimate of drug-likeness (QED) is 0.873. The molecule has 3 heterocycles. The minimum Gasteiger partial charge on any atom is -0.423 e. The van der Waals surface area contributed by atoms with Crippen LogP contribution < -0.4 is 9.80 Å². The minimum atomic E-state index is -0.286. The van der Waals surface area contributed by atoms with E-state index in [2.05, 4.69) is 25.1 Å². The molecule has 2 aromatic rings. The third-order valence-electron chi connectivity index (χ3n) is 3.87. The van der Waals surface area contributed by atoms with Crippen LogP contribution >= 0.6 is 0 Å². The van der Waals surface area contributed by atoms with Crippen molar-refractivity contribution in [1.29, 1.82) is 0 Å². The Morgan fingerprint density at radius 1 is 1.39 bits per heavy atom. The molecular weight excluding hydrogens is 296 g/mol. The summed E-state index contributed by atoms with van der Waals surface area (Å²) in [5.74, 6) is 2.61. The fourth-order valence-electron chi connectivity index (χ4n) is 2.63. The first-order valence-electron chi connectivity index (χ1n) is 7.94. The monoisotopic (exact) mass is 318 g/mol. The molecule has 0 saturated carbocycles. The highest BCUT2D eigenvalue weighted by molar-refractivity contribution is 5.43. The van der Waals surface area contributed by atoms with Crippen LogP contribution in [0.25, 0.3) is 0 Å². The molecule has 1 aliphatic heterocycles. The van der Waals surface area contributed by atoms with Gasteiger partial charge in [-0.1, -0.05) is 6.92 Å². The summed E-state index contributed by atoms with van der Waals surface area (Å²) in [7, 11) is 1.89. The van der Waals surface area contributed by atoms with Gasteiger partial charge in [0.2, 0.25) is 17.7 Å². The summed E-state index contributed by atoms with van der Waals surface area (Å²) < 4.78 is 5.52. The second-order valence-corrected chi connectivity index (χ2v) is 5.76. The summed E-state index contributed by atoms with van der Waals surface area (Å²) >= 11 is 0. The zero-order chi connectivity index (χ0) is 16.2. The summed E-state index contributed by atoms with van der Waals surface area (Å²) in [6, 6.07) is 1.87. The van der Waals surface area contributed by atoms with Gasteiger partial charge in [0.1, 0.15) is 5.82 Å². The molecular formula is C15H22N6O2. The number of hydrogen-bond donors (Lipinski definition) is 1. The van der Waals surface area contributed by atoms with Gasteiger partial charge in [-0.15, -0.1) is 10.2 Å². The average Bonchev–Trinajstić information content (AvgIpc) is 3.02. The van der Waals surface area contributed by atoms with Gasteiger partial charge in [0.25, 0.3) is 0 Å². The van der Waals surface area contributed by atoms with Crippen LogP contribution in [0.1, 0.15) is 31.5 Å². The summed E-state index contributed by atoms with van der Waals surface area (Å²) in [5.41, 5.74) is 0. The van der Waals surface area contributed by atoms with Gasteiger partial charge in [0.05, 0.1) is 12.6 Å². The molecule has 0 radical (unpaired) electrons. The predicted octanol–water partition coefficient (Wildman–Crippen LogP) is 1.02. The van der Waals surface area contributed by atoms with Crippen molar-refractivity contribution in [3.8, 4) is 0 Å². The molecule has 0 unspecified atom stereocenters. The maximum atomic E-state index is 9.82. The van der Waals surface area contributed by atoms with Crippen molar-refractivity contribution in [2.75, 3.05) is 29.9 Å². The second kappa shape index (κ2) is 6.91. The molecule has 1 aliphatic rings. The first-order chi connectivity index (χ1) is 11.2. The topological polar surface area (TPSA) is 91.4 Å². The van der Waals surface area contributed by atoms with Gasteiger partial charge >= 0.3 is 0 Å². The molecule has 8 nitrogen and oxygen atoms in total. The van der Waals surface area contributed by atoms with Crippen LogP contribution in [0.2, 0.25) is 0 Å². The van der Waals surface area contributed by atoms with E-state index in [0.29, 0.717) is 30.8 Å². The van der Waals surface area contributed by atoms with Crippen LogP contribution in [0, 0.1) is 0 Å². The van der Waals surface area contributed by atoms with E-state index in [1.807, 2.05) is 24.9 Å². The van der Waals surface area contributed by atoms with E-state index in [-0.39, 0.29) is 6.10 Å². The molecule has 2 aromatic heterocycles. The molecule has 23 heavy (non-hydrogen) atoms. The zero-order valence-corrected chi connectivity index (χ0v) is 13.5. The molecule has 1 saturated heterocycles. The predicted molar refractivity (Wildman–Crippen MR) is 85.3 cm³/mol. The van der Waals surface area contributed by atoms with Gasteiger partial charge in [0.15, 0.2) is 0 Å². The Balaban J connectivity index is 1.70. The number of aryl methyl sites for hydroxylation is 1. The molecule has 0 spiro atoms. The van der Waals surface area contributed by atoms with Crippen LogP contribution in [0.15, 0.2) is 16.7 Å². The Hall–Kier alpha value is -2.22. The number of piperidine rings is 1. The van der Waals surface area contributed by atoms with E-state index in [4.69, 9.17) is 4.42 Å². The highest BCUT2D eigenvalue weighted by atomic mass is 16.4. The van der Waals surface area contributed by atoms with Gasteiger partial charge in [-0.05, 0) is 18.9 Å². The molecule has 1 atom stereocenters. The summed E-state index contributed by atoms with van der Waals surface area (Å²) in [6.45, 7) is 3.95. The fourth-order valence-corrected chi connectivity index (χ4v) is 2.63. The number of β-amino-alcohol motifs (C(OH)–C–C–N with tert-alkyl or cyclic N) is 1. The van der Waals surface area contributed by atoms with Gasteiger partial charge in [0, 0.05) is 32.8 Å². The normalized spacial score (nSPS) is 18.2. The van der Waals surface area contributed by atoms with Crippen molar-refractivity contribution in [3.05, 3.63) is 24.0 Å². The Labute approximate surface area is 135 Å². The molecule has 8 heteroatoms. The van der Waals surface area contributed by atoms with E-state index in [9.17, 15) is 5.11 Å². The molecule has 0 aliphatic carbocycles. The van der Waals surface area contributed by atoms with Gasteiger partial charge in [-0.3, -0.25) is 0 Å². The number of nitrogens with zero attached hydrogens (tertiary/aromatic N) is 6. The van der Waals surface area contributed by atoms with Crippen molar-refractivity contribution in [3.63, 3.8) is 0 Å². The van der Waals surface area contributed by atoms with Crippen molar-refractivity contribution in [1.82, 2.24) is 20.2 Å². The van der Waals surface area contributed by atoms with E-state index in [1.54, 1.807) is 6.20 Å². The third-order valence-corrected chi connectivity index (χ3v) is 3.87. The summed E-state index contributed by atoms with van der Waals surface area (Å²) in [4.78, 5) is 12.9. The molecule has 1 fully saturated rings. The van der Waals surface area contributed by atoms with Crippen LogP contribution in [0.3, 0.4) is 0 Å². The van der Waals surface area contributed by atoms with Crippen LogP contribution in [-0.4, -0.2) is 51.5 Å². The van der Waals surface area contributed by atoms with Crippen LogP contribution in [0.4, 0.5) is 11.8 Å². The van der Waals surface area contributed by atoms with Crippen molar-refractivity contribution in [2.24, 2.45) is 0 Å². The lowest BCUT2D eigenvalue weighted by Gasteiger charge is -2.31. The Morgan fingerprint density at radius 2 is 2.22 bits per heavy atom. The number of aromatic nitrogens is 4. The Morgan fingerprint density at radius 3 is 2.96 bits per heavy atom. The summed E-state index contributed by atoms with van der Waals surface area (Å²) in [6.07, 6.45) is 4.00. The van der Waals surface area contributed by atoms with E-state index in [0.717, 1.165) is 31.6 Å². The lowest BCUT2D eigenvalue weighted by Crippen LogP contribution is -2.38. The van der Waals surface area contributed by atoms with Crippen molar-refractivity contribution in [2.45, 2.75) is 38.8 Å². The second-order valence-electron chi connectivity index (χ2n) is 5.76. The maximum Gasteiger partial charge on any atom is 0.235 e. The number of hydrogen-bond acceptors (Lipinski definition) is 8. The van der Waals surface area contributed by atoms with E-state index in [1.165, 1.54) is 0 Å². The Kier molecular flexibility index (Phi) is 4.71. The molecule has 0 amide bonds. The van der Waals surface area contributed by atoms with Crippen LogP contribution in [-0.2, 0) is 13.0 Å². The lowest BCUT2D eigenvalue weighted by molar-refractivity contribution is 0.154. The fraction of sp³-hybridized carbons (Fsp3) is 0.600.